The molecule has 0 aliphatic heterocycles. The lowest BCUT2D eigenvalue weighted by molar-refractivity contribution is -0.750. The summed E-state index contributed by atoms with van der Waals surface area (Å²) in [5.41, 5.74) is 3.42. The molecule has 2 aromatic heterocycles. The van der Waals surface area contributed by atoms with Crippen LogP contribution in [0.5, 0.6) is 0 Å². The maximum Gasteiger partial charge on any atom is 0.269 e. The van der Waals surface area contributed by atoms with E-state index < -0.39 is 34.6 Å². The fourth-order valence-electron chi connectivity index (χ4n) is 3.98. The Labute approximate surface area is 201 Å². The van der Waals surface area contributed by atoms with E-state index in [-0.39, 0.29) is 22.8 Å². The topological polar surface area (TPSA) is 56.8 Å². The van der Waals surface area contributed by atoms with Crippen molar-refractivity contribution in [3.8, 4) is 22.5 Å². The Hall–Kier alpha value is -4.28. The normalized spacial score (nSPS) is 12.3. The van der Waals surface area contributed by atoms with Crippen molar-refractivity contribution in [2.24, 2.45) is 0 Å². The van der Waals surface area contributed by atoms with Gasteiger partial charge in [-0.15, -0.1) is 0 Å². The first-order chi connectivity index (χ1) is 17.3. The molecule has 0 radical (unpaired) electrons. The third-order valence-electron chi connectivity index (χ3n) is 5.71. The van der Waals surface area contributed by atoms with Gasteiger partial charge in [0.2, 0.25) is 0 Å². The average molecular weight is 496 g/mol. The summed E-state index contributed by atoms with van der Waals surface area (Å²) in [6.45, 7) is 0. The second-order valence-corrected chi connectivity index (χ2v) is 7.92. The van der Waals surface area contributed by atoms with Crippen LogP contribution >= 0.6 is 0 Å². The fraction of sp³-hybridized carbons (Fsp3) is 0.0385. The number of aromatic nitrogens is 2. The van der Waals surface area contributed by atoms with Gasteiger partial charge >= 0.3 is 0 Å². The summed E-state index contributed by atoms with van der Waals surface area (Å²) in [4.78, 5) is 4.25. The van der Waals surface area contributed by atoms with E-state index in [0.717, 1.165) is 24.3 Å². The number of hydrogen-bond acceptors (Lipinski definition) is 3. The fourth-order valence-corrected chi connectivity index (χ4v) is 3.98. The zero-order valence-corrected chi connectivity index (χ0v) is 18.4. The molecule has 0 saturated carbocycles. The molecule has 0 aliphatic carbocycles. The molecule has 5 rings (SSSR count). The van der Waals surface area contributed by atoms with E-state index in [4.69, 9.17) is 0 Å². The van der Waals surface area contributed by atoms with Crippen molar-refractivity contribution in [1.82, 2.24) is 9.38 Å². The van der Waals surface area contributed by atoms with E-state index in [1.807, 2.05) is 0 Å². The van der Waals surface area contributed by atoms with Gasteiger partial charge in [-0.05, 0) is 54.1 Å². The highest BCUT2D eigenvalue weighted by Crippen LogP contribution is 2.33. The standard InChI is InChI=1S/C26H17F5N4O/c27-16-7-9-17(10-8-16)33-35(36)22-13-15(6-11-19(22)25(30)31)18-4-2-12-34-23(18)14-32-26(34)20-3-1-5-21(28)24(20)29/h1-14,25,33,35H. The summed E-state index contributed by atoms with van der Waals surface area (Å²) >= 11 is 0. The Bertz CT molecular complexity index is 1550. The first kappa shape index (κ1) is 23.5. The van der Waals surface area contributed by atoms with Gasteiger partial charge in [-0.2, -0.15) is 0 Å². The van der Waals surface area contributed by atoms with Crippen LogP contribution in [0.15, 0.2) is 85.2 Å². The molecule has 2 heterocycles. The molecule has 5 aromatic rings. The summed E-state index contributed by atoms with van der Waals surface area (Å²) in [7, 11) is 0. The van der Waals surface area contributed by atoms with Gasteiger partial charge in [0.05, 0.1) is 28.5 Å². The monoisotopic (exact) mass is 496 g/mol. The van der Waals surface area contributed by atoms with Gasteiger partial charge in [0.25, 0.3) is 6.43 Å². The molecule has 0 bridgehead atoms. The van der Waals surface area contributed by atoms with E-state index >= 15 is 0 Å². The number of fused-ring (bicyclic) bond motifs is 1. The predicted octanol–water partition coefficient (Wildman–Crippen LogP) is 6.06. The van der Waals surface area contributed by atoms with Crippen LogP contribution in [0.2, 0.25) is 0 Å². The minimum absolute atomic E-state index is 0.0421. The Morgan fingerprint density at radius 1 is 0.889 bits per heavy atom. The van der Waals surface area contributed by atoms with Gasteiger partial charge in [0.15, 0.2) is 17.3 Å². The molecule has 2 N–H and O–H groups in total. The highest BCUT2D eigenvalue weighted by atomic mass is 19.3. The van der Waals surface area contributed by atoms with Crippen LogP contribution in [0.3, 0.4) is 0 Å². The lowest BCUT2D eigenvalue weighted by Crippen LogP contribution is -3.06. The van der Waals surface area contributed by atoms with Crippen LogP contribution in [0.4, 0.5) is 33.3 Å². The quantitative estimate of drug-likeness (QED) is 0.222. The molecule has 0 aliphatic rings. The number of nitrogens with one attached hydrogen (secondary N) is 2. The van der Waals surface area contributed by atoms with E-state index in [0.29, 0.717) is 16.6 Å². The predicted molar refractivity (Wildman–Crippen MR) is 125 cm³/mol. The van der Waals surface area contributed by atoms with Gasteiger partial charge in [0.1, 0.15) is 11.6 Å². The lowest BCUT2D eigenvalue weighted by atomic mass is 10.0. The van der Waals surface area contributed by atoms with Crippen LogP contribution in [-0.4, -0.2) is 9.38 Å². The van der Waals surface area contributed by atoms with Gasteiger partial charge in [-0.25, -0.2) is 37.5 Å². The number of rotatable bonds is 6. The van der Waals surface area contributed by atoms with E-state index in [2.05, 4.69) is 10.4 Å². The van der Waals surface area contributed by atoms with Gasteiger partial charge in [-0.3, -0.25) is 4.40 Å². The smallest absolute Gasteiger partial charge is 0.269 e. The largest absolute Gasteiger partial charge is 0.603 e. The van der Waals surface area contributed by atoms with Crippen LogP contribution in [0, 0.1) is 22.7 Å². The molecule has 10 heteroatoms. The third kappa shape index (κ3) is 4.28. The maximum atomic E-state index is 14.4. The van der Waals surface area contributed by atoms with E-state index in [1.165, 1.54) is 42.6 Å². The number of benzene rings is 3. The van der Waals surface area contributed by atoms with Crippen molar-refractivity contribution >= 4 is 16.9 Å². The third-order valence-corrected chi connectivity index (χ3v) is 5.71. The molecule has 3 aromatic carbocycles. The van der Waals surface area contributed by atoms with Crippen molar-refractivity contribution in [3.05, 3.63) is 113 Å². The number of quaternary nitrogens is 1. The van der Waals surface area contributed by atoms with Crippen LogP contribution in [-0.2, 0) is 0 Å². The highest BCUT2D eigenvalue weighted by Gasteiger charge is 2.21. The molecule has 182 valence electrons. The molecular formula is C26H17F5N4O. The summed E-state index contributed by atoms with van der Waals surface area (Å²) in [6, 6.07) is 16.0. The Morgan fingerprint density at radius 2 is 1.64 bits per heavy atom. The van der Waals surface area contributed by atoms with Crippen molar-refractivity contribution in [2.45, 2.75) is 6.43 Å². The SMILES string of the molecule is [O-][NH+](Nc1ccc(F)cc1)c1cc(-c2cccn3c(-c4cccc(F)c4F)ncc23)ccc1C(F)F. The number of nitrogens with zero attached hydrogens (tertiary/aromatic N) is 2. The van der Waals surface area contributed by atoms with Crippen molar-refractivity contribution < 1.29 is 27.1 Å². The molecule has 0 amide bonds. The Morgan fingerprint density at radius 3 is 2.39 bits per heavy atom. The first-order valence-electron chi connectivity index (χ1n) is 10.7. The first-order valence-corrected chi connectivity index (χ1v) is 10.7. The maximum absolute atomic E-state index is 14.4. The number of hydrogen-bond donors (Lipinski definition) is 2. The van der Waals surface area contributed by atoms with Gasteiger partial charge in [-0.1, -0.05) is 18.2 Å². The van der Waals surface area contributed by atoms with Crippen LogP contribution in [0.1, 0.15) is 12.0 Å². The summed E-state index contributed by atoms with van der Waals surface area (Å²) < 4.78 is 70.4. The molecule has 0 spiro atoms. The van der Waals surface area contributed by atoms with Gasteiger partial charge < -0.3 is 5.21 Å². The second-order valence-electron chi connectivity index (χ2n) is 7.92. The Kier molecular flexibility index (Phi) is 6.13. The summed E-state index contributed by atoms with van der Waals surface area (Å²) in [5.74, 6) is -2.41. The van der Waals surface area contributed by atoms with E-state index in [9.17, 15) is 27.2 Å². The molecule has 1 unspecified atom stereocenters. The number of pyridine rings is 1. The molecule has 5 nitrogen and oxygen atoms in total. The minimum atomic E-state index is -2.92. The number of alkyl halides is 2. The van der Waals surface area contributed by atoms with Crippen LogP contribution in [0.25, 0.3) is 28.0 Å². The van der Waals surface area contributed by atoms with Crippen molar-refractivity contribution in [3.63, 3.8) is 0 Å². The molecule has 36 heavy (non-hydrogen) atoms. The highest BCUT2D eigenvalue weighted by molar-refractivity contribution is 5.83. The lowest BCUT2D eigenvalue weighted by Gasteiger charge is -2.25. The van der Waals surface area contributed by atoms with Crippen LogP contribution < -0.4 is 10.6 Å². The minimum Gasteiger partial charge on any atom is -0.603 e. The summed E-state index contributed by atoms with van der Waals surface area (Å²) in [5, 5.41) is 12.1. The van der Waals surface area contributed by atoms with E-state index in [1.54, 1.807) is 22.7 Å². The summed E-state index contributed by atoms with van der Waals surface area (Å²) in [6.07, 6.45) is 0.150. The molecule has 0 saturated heterocycles. The average Bonchev–Trinajstić information content (AvgIpc) is 3.31. The number of anilines is 1. The van der Waals surface area contributed by atoms with Crippen molar-refractivity contribution in [1.29, 1.82) is 0 Å². The second kappa shape index (κ2) is 9.40. The number of halogens is 5. The Balaban J connectivity index is 1.58. The molecular weight excluding hydrogens is 479 g/mol. The van der Waals surface area contributed by atoms with Crippen molar-refractivity contribution in [2.75, 3.05) is 5.43 Å². The molecule has 1 atom stereocenters. The zero-order valence-electron chi connectivity index (χ0n) is 18.4. The molecule has 0 fully saturated rings. The zero-order chi connectivity index (χ0) is 25.4. The number of imidazole rings is 1. The van der Waals surface area contributed by atoms with Gasteiger partial charge in [0, 0.05) is 17.8 Å².